The third-order valence-corrected chi connectivity index (χ3v) is 6.35. The van der Waals surface area contributed by atoms with E-state index in [1.807, 2.05) is 24.3 Å². The number of aliphatic imine (C=N–C) groups is 1. The zero-order chi connectivity index (χ0) is 27.3. The molecule has 3 N–H and O–H groups in total. The highest BCUT2D eigenvalue weighted by Gasteiger charge is 2.39. The predicted octanol–water partition coefficient (Wildman–Crippen LogP) is 3.71. The lowest BCUT2D eigenvalue weighted by Crippen LogP contribution is -2.46. The second kappa shape index (κ2) is 11.4. The molecule has 1 aliphatic heterocycles. The van der Waals surface area contributed by atoms with Gasteiger partial charge in [0.2, 0.25) is 11.8 Å². The Morgan fingerprint density at radius 1 is 1.03 bits per heavy atom. The van der Waals surface area contributed by atoms with Gasteiger partial charge in [-0.1, -0.05) is 60.7 Å². The van der Waals surface area contributed by atoms with Gasteiger partial charge in [-0.05, 0) is 23.6 Å². The number of pyridine rings is 1. The topological polar surface area (TPSA) is 115 Å². The number of halogens is 3. The zero-order valence-corrected chi connectivity index (χ0v) is 20.2. The number of primary amides is 1. The number of hydrogen-bond donors (Lipinski definition) is 2. The number of nitrogens with zero attached hydrogens (tertiary/aromatic N) is 2. The van der Waals surface area contributed by atoms with Gasteiger partial charge < -0.3 is 11.1 Å². The second-order valence-electron chi connectivity index (χ2n) is 8.98. The summed E-state index contributed by atoms with van der Waals surface area (Å²) in [6, 6.07) is 19.2. The predicted molar refractivity (Wildman–Crippen MR) is 134 cm³/mol. The molecule has 3 aromatic rings. The van der Waals surface area contributed by atoms with Crippen molar-refractivity contribution < 1.29 is 27.6 Å². The molecule has 10 heteroatoms. The maximum absolute atomic E-state index is 13.5. The van der Waals surface area contributed by atoms with Crippen LogP contribution in [0.15, 0.2) is 84.1 Å². The summed E-state index contributed by atoms with van der Waals surface area (Å²) in [5.74, 6) is -5.24. The lowest BCUT2D eigenvalue weighted by Gasteiger charge is -2.26. The van der Waals surface area contributed by atoms with Crippen molar-refractivity contribution in [2.45, 2.75) is 37.5 Å². The minimum absolute atomic E-state index is 0.0456. The average Bonchev–Trinajstić information content (AvgIpc) is 3.02. The normalized spacial score (nSPS) is 17.0. The third kappa shape index (κ3) is 6.31. The fourth-order valence-electron chi connectivity index (χ4n) is 4.56. The number of rotatable bonds is 8. The fourth-order valence-corrected chi connectivity index (χ4v) is 4.56. The van der Waals surface area contributed by atoms with Gasteiger partial charge >= 0.3 is 6.18 Å². The molecule has 3 atom stereocenters. The van der Waals surface area contributed by atoms with Crippen LogP contribution in [0, 0.1) is 5.92 Å². The number of alkyl halides is 3. The van der Waals surface area contributed by atoms with Crippen molar-refractivity contribution in [2.75, 3.05) is 0 Å². The Hall–Kier alpha value is -4.34. The molecule has 2 amide bonds. The van der Waals surface area contributed by atoms with Crippen LogP contribution in [-0.2, 0) is 20.8 Å². The quantitative estimate of drug-likeness (QED) is 0.469. The van der Waals surface area contributed by atoms with Crippen LogP contribution in [0.3, 0.4) is 0 Å². The van der Waals surface area contributed by atoms with Crippen LogP contribution in [0.5, 0.6) is 0 Å². The first-order valence-electron chi connectivity index (χ1n) is 11.9. The van der Waals surface area contributed by atoms with Gasteiger partial charge in [-0.3, -0.25) is 24.4 Å². The van der Waals surface area contributed by atoms with Crippen LogP contribution in [0.1, 0.15) is 41.0 Å². The number of hydrogen-bond acceptors (Lipinski definition) is 5. The van der Waals surface area contributed by atoms with E-state index >= 15 is 0 Å². The highest BCUT2D eigenvalue weighted by atomic mass is 19.4. The zero-order valence-electron chi connectivity index (χ0n) is 20.2. The van der Waals surface area contributed by atoms with E-state index in [0.29, 0.717) is 22.4 Å². The van der Waals surface area contributed by atoms with Crippen molar-refractivity contribution in [1.29, 1.82) is 0 Å². The lowest BCUT2D eigenvalue weighted by molar-refractivity contribution is -0.144. The minimum Gasteiger partial charge on any atom is -0.369 e. The summed E-state index contributed by atoms with van der Waals surface area (Å²) in [5.41, 5.74) is 8.35. The third-order valence-electron chi connectivity index (χ3n) is 6.35. The molecule has 1 aliphatic rings. The van der Waals surface area contributed by atoms with Crippen molar-refractivity contribution in [1.82, 2.24) is 10.3 Å². The number of nitrogens with two attached hydrogens (primary N) is 1. The maximum atomic E-state index is 13.5. The van der Waals surface area contributed by atoms with Crippen molar-refractivity contribution in [2.24, 2.45) is 16.6 Å². The summed E-state index contributed by atoms with van der Waals surface area (Å²) >= 11 is 0. The van der Waals surface area contributed by atoms with Gasteiger partial charge in [0.15, 0.2) is 11.9 Å². The van der Waals surface area contributed by atoms with Gasteiger partial charge in [0, 0.05) is 36.4 Å². The summed E-state index contributed by atoms with van der Waals surface area (Å²) in [4.78, 5) is 47.6. The van der Waals surface area contributed by atoms with Crippen molar-refractivity contribution in [3.05, 3.63) is 101 Å². The second-order valence-corrected chi connectivity index (χ2v) is 8.98. The Bertz CT molecular complexity index is 1340. The molecule has 2 heterocycles. The molecular formula is C28H25F3N4O3. The van der Waals surface area contributed by atoms with Gasteiger partial charge in [-0.25, -0.2) is 0 Å². The lowest BCUT2D eigenvalue weighted by atomic mass is 9.82. The molecule has 0 fully saturated rings. The molecule has 0 bridgehead atoms. The molecule has 2 aromatic carbocycles. The van der Waals surface area contributed by atoms with E-state index in [1.54, 1.807) is 30.3 Å². The van der Waals surface area contributed by atoms with Crippen LogP contribution >= 0.6 is 0 Å². The van der Waals surface area contributed by atoms with E-state index in [9.17, 15) is 27.6 Å². The molecule has 0 saturated heterocycles. The first-order valence-corrected chi connectivity index (χ1v) is 11.9. The standard InChI is InChI=1S/C28H25F3N4O3/c29-28(30,31)13-12-21(23(25(32)37)19-10-6-14-33-16-19)27(38)35-26-22(36)15-18-9-4-5-11-20(18)24(34-26)17-7-2-1-3-8-17/h1-11,14,16,21,23,26H,12-13,15H2,(H2,32,37)(H,35,38)/t21-,23+,26-/m1/s1. The molecule has 0 unspecified atom stereocenters. The molecule has 4 rings (SSSR count). The fraction of sp³-hybridized carbons (Fsp3) is 0.250. The summed E-state index contributed by atoms with van der Waals surface area (Å²) in [5, 5.41) is 2.51. The van der Waals surface area contributed by atoms with E-state index in [1.165, 1.54) is 24.5 Å². The van der Waals surface area contributed by atoms with Crippen LogP contribution < -0.4 is 11.1 Å². The summed E-state index contributed by atoms with van der Waals surface area (Å²) in [7, 11) is 0. The largest absolute Gasteiger partial charge is 0.389 e. The van der Waals surface area contributed by atoms with Crippen LogP contribution in [-0.4, -0.2) is 40.6 Å². The number of fused-ring (bicyclic) bond motifs is 1. The van der Waals surface area contributed by atoms with Crippen LogP contribution in [0.4, 0.5) is 13.2 Å². The van der Waals surface area contributed by atoms with Crippen LogP contribution in [0.25, 0.3) is 0 Å². The van der Waals surface area contributed by atoms with Gasteiger partial charge in [0.05, 0.1) is 17.5 Å². The molecule has 7 nitrogen and oxygen atoms in total. The minimum atomic E-state index is -4.58. The molecule has 38 heavy (non-hydrogen) atoms. The van der Waals surface area contributed by atoms with Crippen LogP contribution in [0.2, 0.25) is 0 Å². The monoisotopic (exact) mass is 522 g/mol. The summed E-state index contributed by atoms with van der Waals surface area (Å²) in [6.07, 6.45) is -5.33. The Morgan fingerprint density at radius 2 is 1.74 bits per heavy atom. The number of Topliss-reactive ketones (excluding diaryl/α,β-unsaturated/α-hetero) is 1. The van der Waals surface area contributed by atoms with Crippen molar-refractivity contribution >= 4 is 23.3 Å². The Morgan fingerprint density at radius 3 is 2.39 bits per heavy atom. The van der Waals surface area contributed by atoms with Crippen molar-refractivity contribution in [3.63, 3.8) is 0 Å². The van der Waals surface area contributed by atoms with Gasteiger partial charge in [-0.15, -0.1) is 0 Å². The van der Waals surface area contributed by atoms with Crippen molar-refractivity contribution in [3.8, 4) is 0 Å². The number of amides is 2. The van der Waals surface area contributed by atoms with Gasteiger partial charge in [0.25, 0.3) is 0 Å². The molecule has 0 aliphatic carbocycles. The van der Waals surface area contributed by atoms with E-state index in [2.05, 4.69) is 15.3 Å². The summed E-state index contributed by atoms with van der Waals surface area (Å²) in [6.45, 7) is 0. The highest BCUT2D eigenvalue weighted by Crippen LogP contribution is 2.33. The number of aromatic nitrogens is 1. The highest BCUT2D eigenvalue weighted by molar-refractivity contribution is 6.16. The Kier molecular flexibility index (Phi) is 7.99. The Labute approximate surface area is 217 Å². The Balaban J connectivity index is 1.71. The molecule has 196 valence electrons. The maximum Gasteiger partial charge on any atom is 0.389 e. The molecular weight excluding hydrogens is 497 g/mol. The number of carbonyl (C=O) groups is 3. The first-order chi connectivity index (χ1) is 18.1. The van der Waals surface area contributed by atoms with E-state index in [4.69, 9.17) is 5.73 Å². The van der Waals surface area contributed by atoms with Gasteiger partial charge in [0.1, 0.15) is 0 Å². The average molecular weight is 523 g/mol. The smallest absolute Gasteiger partial charge is 0.369 e. The SMILES string of the molecule is NC(=O)[C@@H](c1cccnc1)[C@@H](CCC(F)(F)F)C(=O)N[C@H]1N=C(c2ccccc2)c2ccccc2CC1=O. The molecule has 0 radical (unpaired) electrons. The molecule has 1 aromatic heterocycles. The van der Waals surface area contributed by atoms with E-state index in [0.717, 1.165) is 0 Å². The molecule has 0 saturated carbocycles. The van der Waals surface area contributed by atoms with E-state index < -0.39 is 54.6 Å². The number of benzene rings is 2. The summed E-state index contributed by atoms with van der Waals surface area (Å²) < 4.78 is 39.5. The first kappa shape index (κ1) is 26.7. The van der Waals surface area contributed by atoms with Gasteiger partial charge in [-0.2, -0.15) is 13.2 Å². The number of carbonyl (C=O) groups excluding carboxylic acids is 3. The number of ketones is 1. The number of nitrogens with one attached hydrogen (secondary N) is 1. The molecule has 0 spiro atoms. The van der Waals surface area contributed by atoms with E-state index in [-0.39, 0.29) is 12.0 Å².